The lowest BCUT2D eigenvalue weighted by Gasteiger charge is -2.29. The number of fused-ring (bicyclic) bond motifs is 3. The van der Waals surface area contributed by atoms with Crippen molar-refractivity contribution < 1.29 is 14.3 Å². The van der Waals surface area contributed by atoms with Crippen LogP contribution in [0.1, 0.15) is 16.1 Å². The first kappa shape index (κ1) is 11.3. The molecule has 1 atom stereocenters. The number of aromatic nitrogens is 1. The number of thioether (sulfide) groups is 1. The van der Waals surface area contributed by atoms with E-state index in [9.17, 15) is 9.59 Å². The summed E-state index contributed by atoms with van der Waals surface area (Å²) in [6.07, 6.45) is 1.64. The van der Waals surface area contributed by atoms with Gasteiger partial charge >= 0.3 is 5.97 Å². The normalized spacial score (nSPS) is 21.2. The van der Waals surface area contributed by atoms with E-state index in [0.717, 1.165) is 0 Å². The van der Waals surface area contributed by atoms with Gasteiger partial charge in [0.1, 0.15) is 11.7 Å². The molecule has 92 valence electrons. The minimum atomic E-state index is -0.568. The highest BCUT2D eigenvalue weighted by Crippen LogP contribution is 2.38. The van der Waals surface area contributed by atoms with Crippen molar-refractivity contribution in [1.82, 2.24) is 9.88 Å². The molecular formula is C12H10N2O3S. The second-order valence-electron chi connectivity index (χ2n) is 3.95. The zero-order valence-electron chi connectivity index (χ0n) is 9.62. The number of hydrogen-bond acceptors (Lipinski definition) is 5. The highest BCUT2D eigenvalue weighted by atomic mass is 32.2. The molecule has 0 unspecified atom stereocenters. The van der Waals surface area contributed by atoms with Crippen LogP contribution in [0.15, 0.2) is 23.7 Å². The van der Waals surface area contributed by atoms with Gasteiger partial charge in [-0.05, 0) is 17.5 Å². The number of rotatable bonds is 1. The highest BCUT2D eigenvalue weighted by molar-refractivity contribution is 8.02. The number of carbonyl (C=O) groups excluding carboxylic acids is 2. The summed E-state index contributed by atoms with van der Waals surface area (Å²) in [5, 5.41) is 1.87. The predicted molar refractivity (Wildman–Crippen MR) is 66.6 cm³/mol. The molecule has 1 aromatic heterocycles. The van der Waals surface area contributed by atoms with E-state index in [0.29, 0.717) is 22.7 Å². The van der Waals surface area contributed by atoms with E-state index >= 15 is 0 Å². The fourth-order valence-corrected chi connectivity index (χ4v) is 3.11. The molecule has 3 heterocycles. The molecule has 0 saturated heterocycles. The number of nitrogens with zero attached hydrogens (tertiary/aromatic N) is 2. The molecule has 0 N–H and O–H groups in total. The van der Waals surface area contributed by atoms with Gasteiger partial charge in [-0.3, -0.25) is 14.7 Å². The van der Waals surface area contributed by atoms with Crippen LogP contribution in [0.4, 0.5) is 0 Å². The van der Waals surface area contributed by atoms with Crippen LogP contribution in [-0.2, 0) is 9.53 Å². The van der Waals surface area contributed by atoms with E-state index in [2.05, 4.69) is 4.98 Å². The van der Waals surface area contributed by atoms with Gasteiger partial charge in [-0.1, -0.05) is 0 Å². The molecule has 0 spiro atoms. The average Bonchev–Trinajstić information content (AvgIpc) is 2.72. The summed E-state index contributed by atoms with van der Waals surface area (Å²) in [7, 11) is 1.33. The molecule has 2 aliphatic rings. The lowest BCUT2D eigenvalue weighted by molar-refractivity contribution is -0.144. The number of esters is 1. The fraction of sp³-hybridized carbons (Fsp3) is 0.250. The molecule has 0 bridgehead atoms. The molecule has 0 saturated carbocycles. The number of carbonyl (C=O) groups is 2. The molecule has 0 radical (unpaired) electrons. The summed E-state index contributed by atoms with van der Waals surface area (Å²) >= 11 is 1.49. The van der Waals surface area contributed by atoms with Gasteiger partial charge < -0.3 is 4.74 Å². The van der Waals surface area contributed by atoms with Crippen molar-refractivity contribution in [3.63, 3.8) is 0 Å². The van der Waals surface area contributed by atoms with Crippen LogP contribution in [0.3, 0.4) is 0 Å². The Morgan fingerprint density at radius 3 is 3.22 bits per heavy atom. The Hall–Kier alpha value is -1.82. The Morgan fingerprint density at radius 2 is 2.44 bits per heavy atom. The molecule has 0 aliphatic carbocycles. The Morgan fingerprint density at radius 1 is 1.61 bits per heavy atom. The molecule has 0 fully saturated rings. The van der Waals surface area contributed by atoms with Crippen LogP contribution in [0.25, 0.3) is 5.70 Å². The van der Waals surface area contributed by atoms with E-state index in [1.54, 1.807) is 18.3 Å². The van der Waals surface area contributed by atoms with E-state index in [-0.39, 0.29) is 5.91 Å². The van der Waals surface area contributed by atoms with Gasteiger partial charge in [-0.25, -0.2) is 4.79 Å². The number of ether oxygens (including phenoxy) is 1. The summed E-state index contributed by atoms with van der Waals surface area (Å²) in [5.41, 5.74) is 1.88. The number of methoxy groups -OCH3 is 1. The minimum absolute atomic E-state index is 0.181. The largest absolute Gasteiger partial charge is 0.467 e. The maximum absolute atomic E-state index is 12.3. The third kappa shape index (κ3) is 1.45. The maximum Gasteiger partial charge on any atom is 0.329 e. The van der Waals surface area contributed by atoms with Crippen LogP contribution in [0.2, 0.25) is 0 Å². The Bertz CT molecular complexity index is 570. The molecule has 0 aromatic carbocycles. The number of hydrogen-bond donors (Lipinski definition) is 0. The standard InChI is InChI=1S/C12H10N2O3S/c1-17-12(16)9-6-18-5-8-10-7(3-2-4-13-10)11(15)14(8)9/h2-5,9H,6H2,1H3/t9-/m0/s1. The zero-order valence-corrected chi connectivity index (χ0v) is 10.4. The Kier molecular flexibility index (Phi) is 2.59. The number of amides is 1. The van der Waals surface area contributed by atoms with Crippen molar-refractivity contribution in [3.8, 4) is 0 Å². The van der Waals surface area contributed by atoms with Crippen molar-refractivity contribution in [2.75, 3.05) is 12.9 Å². The van der Waals surface area contributed by atoms with Gasteiger partial charge in [0.25, 0.3) is 5.91 Å². The predicted octanol–water partition coefficient (Wildman–Crippen LogP) is 1.12. The second-order valence-corrected chi connectivity index (χ2v) is 4.85. The second kappa shape index (κ2) is 4.13. The third-order valence-electron chi connectivity index (χ3n) is 2.99. The minimum Gasteiger partial charge on any atom is -0.467 e. The number of pyridine rings is 1. The maximum atomic E-state index is 12.3. The van der Waals surface area contributed by atoms with Gasteiger partial charge in [0.2, 0.25) is 0 Å². The van der Waals surface area contributed by atoms with Crippen molar-refractivity contribution in [3.05, 3.63) is 35.0 Å². The highest BCUT2D eigenvalue weighted by Gasteiger charge is 2.43. The smallest absolute Gasteiger partial charge is 0.329 e. The van der Waals surface area contributed by atoms with Crippen LogP contribution < -0.4 is 0 Å². The first-order valence-corrected chi connectivity index (χ1v) is 6.47. The van der Waals surface area contributed by atoms with Crippen molar-refractivity contribution in [1.29, 1.82) is 0 Å². The summed E-state index contributed by atoms with van der Waals surface area (Å²) in [6.45, 7) is 0. The molecule has 18 heavy (non-hydrogen) atoms. The van der Waals surface area contributed by atoms with Crippen LogP contribution in [-0.4, -0.2) is 40.7 Å². The monoisotopic (exact) mass is 262 g/mol. The van der Waals surface area contributed by atoms with Crippen molar-refractivity contribution in [2.24, 2.45) is 0 Å². The van der Waals surface area contributed by atoms with Crippen LogP contribution in [0, 0.1) is 0 Å². The van der Waals surface area contributed by atoms with Gasteiger partial charge in [0.15, 0.2) is 0 Å². The van der Waals surface area contributed by atoms with Gasteiger partial charge in [-0.2, -0.15) is 0 Å². The molecule has 5 nitrogen and oxygen atoms in total. The average molecular weight is 262 g/mol. The quantitative estimate of drug-likeness (QED) is 0.710. The molecule has 3 rings (SSSR count). The SMILES string of the molecule is COC(=O)[C@@H]1CSC=C2c3ncccc3C(=O)N21. The molecule has 2 aliphatic heterocycles. The van der Waals surface area contributed by atoms with E-state index in [4.69, 9.17) is 4.74 Å². The Balaban J connectivity index is 2.09. The topological polar surface area (TPSA) is 59.5 Å². The van der Waals surface area contributed by atoms with Crippen LogP contribution in [0.5, 0.6) is 0 Å². The third-order valence-corrected chi connectivity index (χ3v) is 3.89. The molecular weight excluding hydrogens is 252 g/mol. The molecule has 6 heteroatoms. The summed E-state index contributed by atoms with van der Waals surface area (Å²) in [5.74, 6) is -0.0649. The summed E-state index contributed by atoms with van der Waals surface area (Å²) in [6, 6.07) is 2.88. The first-order valence-electron chi connectivity index (χ1n) is 5.42. The van der Waals surface area contributed by atoms with E-state index in [1.165, 1.54) is 23.8 Å². The van der Waals surface area contributed by atoms with E-state index < -0.39 is 12.0 Å². The van der Waals surface area contributed by atoms with Gasteiger partial charge in [-0.15, -0.1) is 11.8 Å². The molecule has 1 aromatic rings. The first-order chi connectivity index (χ1) is 8.74. The Labute approximate surface area is 108 Å². The van der Waals surface area contributed by atoms with Crippen molar-refractivity contribution >= 4 is 29.3 Å². The lowest BCUT2D eigenvalue weighted by atomic mass is 10.2. The van der Waals surface area contributed by atoms with Gasteiger partial charge in [0, 0.05) is 11.9 Å². The van der Waals surface area contributed by atoms with Crippen molar-refractivity contribution in [2.45, 2.75) is 6.04 Å². The molecule has 1 amide bonds. The fourth-order valence-electron chi connectivity index (χ4n) is 2.16. The van der Waals surface area contributed by atoms with E-state index in [1.807, 2.05) is 5.41 Å². The van der Waals surface area contributed by atoms with Gasteiger partial charge in [0.05, 0.1) is 18.4 Å². The summed E-state index contributed by atoms with van der Waals surface area (Å²) in [4.78, 5) is 29.7. The lowest BCUT2D eigenvalue weighted by Crippen LogP contribution is -2.44. The zero-order chi connectivity index (χ0) is 12.7. The van der Waals surface area contributed by atoms with Crippen LogP contribution >= 0.6 is 11.8 Å². The summed E-state index contributed by atoms with van der Waals surface area (Å²) < 4.78 is 4.75.